The fourth-order valence-electron chi connectivity index (χ4n) is 4.60. The number of carbonyl (C=O) groups excluding carboxylic acids is 1. The van der Waals surface area contributed by atoms with Crippen molar-refractivity contribution in [2.45, 2.75) is 31.1 Å². The maximum atomic E-state index is 14.2. The van der Waals surface area contributed by atoms with Crippen LogP contribution in [0.1, 0.15) is 30.9 Å². The molecule has 0 N–H and O–H groups in total. The van der Waals surface area contributed by atoms with E-state index in [9.17, 15) is 26.4 Å². The molecule has 0 atom stereocenters. The average Bonchev–Trinajstić information content (AvgIpc) is 3.58. The van der Waals surface area contributed by atoms with Gasteiger partial charge in [-0.1, -0.05) is 6.07 Å². The predicted octanol–water partition coefficient (Wildman–Crippen LogP) is 3.94. The monoisotopic (exact) mass is 577 g/mol. The second kappa shape index (κ2) is 10.8. The van der Waals surface area contributed by atoms with Crippen molar-refractivity contribution in [3.05, 3.63) is 66.2 Å². The Kier molecular flexibility index (Phi) is 7.40. The molecule has 0 unspecified atom stereocenters. The van der Waals surface area contributed by atoms with Crippen LogP contribution in [0.3, 0.4) is 0 Å². The molecule has 1 aliphatic heterocycles. The van der Waals surface area contributed by atoms with E-state index in [1.165, 1.54) is 23.1 Å². The van der Waals surface area contributed by atoms with E-state index in [4.69, 9.17) is 4.42 Å². The molecule has 0 aliphatic carbocycles. The fraction of sp³-hybridized carbons (Fsp3) is 0.360. The van der Waals surface area contributed by atoms with Crippen molar-refractivity contribution >= 4 is 27.4 Å². The second-order valence-electron chi connectivity index (χ2n) is 9.55. The number of benzene rings is 1. The summed E-state index contributed by atoms with van der Waals surface area (Å²) in [6.45, 7) is 0.367. The van der Waals surface area contributed by atoms with Gasteiger partial charge in [-0.2, -0.15) is 8.78 Å². The number of anilines is 1. The molecule has 212 valence electrons. The highest BCUT2D eigenvalue weighted by atomic mass is 32.2. The number of alkyl halides is 2. The fourth-order valence-corrected chi connectivity index (χ4v) is 6.48. The molecule has 4 heterocycles. The maximum Gasteiger partial charge on any atom is 0.319 e. The number of likely N-dealkylation sites (tertiary alicyclic amines) is 1. The zero-order valence-corrected chi connectivity index (χ0v) is 22.4. The zero-order valence-electron chi connectivity index (χ0n) is 21.6. The van der Waals surface area contributed by atoms with E-state index >= 15 is 0 Å². The molecule has 4 aromatic rings. The van der Waals surface area contributed by atoms with E-state index in [-0.39, 0.29) is 50.1 Å². The number of hydrogen-bond acceptors (Lipinski definition) is 7. The molecule has 15 heteroatoms. The molecule has 3 aromatic heterocycles. The molecule has 0 radical (unpaired) electrons. The van der Waals surface area contributed by atoms with Crippen molar-refractivity contribution in [2.24, 2.45) is 0 Å². The number of fused-ring (bicyclic) bond motifs is 1. The minimum Gasteiger partial charge on any atom is -0.415 e. The van der Waals surface area contributed by atoms with Crippen LogP contribution in [-0.2, 0) is 16.6 Å². The van der Waals surface area contributed by atoms with Crippen LogP contribution in [0, 0.1) is 5.82 Å². The van der Waals surface area contributed by atoms with E-state index in [1.807, 2.05) is 0 Å². The normalized spacial score (nSPS) is 14.7. The van der Waals surface area contributed by atoms with E-state index in [0.29, 0.717) is 16.9 Å². The van der Waals surface area contributed by atoms with Crippen LogP contribution in [0.4, 0.5) is 23.7 Å². The van der Waals surface area contributed by atoms with Crippen molar-refractivity contribution in [1.82, 2.24) is 29.4 Å². The quantitative estimate of drug-likeness (QED) is 0.327. The lowest BCUT2D eigenvalue weighted by Gasteiger charge is -2.36. The molecule has 2 amide bonds. The first-order chi connectivity index (χ1) is 19.0. The Labute approximate surface area is 227 Å². The summed E-state index contributed by atoms with van der Waals surface area (Å²) in [6.07, 6.45) is 0.781. The first kappa shape index (κ1) is 27.4. The first-order valence-corrected chi connectivity index (χ1v) is 13.9. The summed E-state index contributed by atoms with van der Waals surface area (Å²) in [5.74, 6) is -1.50. The minimum atomic E-state index is -3.99. The van der Waals surface area contributed by atoms with E-state index in [0.717, 1.165) is 10.4 Å². The van der Waals surface area contributed by atoms with E-state index in [2.05, 4.69) is 15.2 Å². The van der Waals surface area contributed by atoms with Crippen molar-refractivity contribution in [3.8, 4) is 11.5 Å². The summed E-state index contributed by atoms with van der Waals surface area (Å²) in [5, 5.41) is 6.19. The number of sulfonamides is 1. The van der Waals surface area contributed by atoms with Gasteiger partial charge in [0.15, 0.2) is 0 Å². The number of carbonyl (C=O) groups is 1. The van der Waals surface area contributed by atoms with Crippen molar-refractivity contribution in [2.75, 3.05) is 31.5 Å². The molecule has 5 rings (SSSR count). The molecule has 0 saturated carbocycles. The zero-order chi connectivity index (χ0) is 28.6. The number of nitrogens with zero attached hydrogens (tertiary/aromatic N) is 7. The lowest BCUT2D eigenvalue weighted by atomic mass is 10.1. The summed E-state index contributed by atoms with van der Waals surface area (Å²) >= 11 is 0. The number of imidazole rings is 1. The molecule has 40 heavy (non-hydrogen) atoms. The molecule has 11 nitrogen and oxygen atoms in total. The van der Waals surface area contributed by atoms with E-state index < -0.39 is 33.4 Å². The van der Waals surface area contributed by atoms with Crippen LogP contribution in [0.2, 0.25) is 0 Å². The molecular weight excluding hydrogens is 551 g/mol. The number of piperidine rings is 1. The van der Waals surface area contributed by atoms with Gasteiger partial charge in [0.1, 0.15) is 11.5 Å². The Hall–Kier alpha value is -4.14. The van der Waals surface area contributed by atoms with Gasteiger partial charge in [-0.15, -0.1) is 10.2 Å². The van der Waals surface area contributed by atoms with Crippen molar-refractivity contribution in [1.29, 1.82) is 0 Å². The number of hydrogen-bond donors (Lipinski definition) is 0. The van der Waals surface area contributed by atoms with Gasteiger partial charge >= 0.3 is 12.5 Å². The number of pyridine rings is 1. The van der Waals surface area contributed by atoms with Crippen LogP contribution in [0.25, 0.3) is 17.1 Å². The Balaban J connectivity index is 1.43. The maximum absolute atomic E-state index is 14.2. The van der Waals surface area contributed by atoms with Gasteiger partial charge in [0.05, 0.1) is 23.2 Å². The average molecular weight is 578 g/mol. The number of rotatable bonds is 7. The van der Waals surface area contributed by atoms with Gasteiger partial charge in [0.25, 0.3) is 5.89 Å². The highest BCUT2D eigenvalue weighted by molar-refractivity contribution is 7.93. The lowest BCUT2D eigenvalue weighted by Crippen LogP contribution is -2.49. The Morgan fingerprint density at radius 1 is 1.15 bits per heavy atom. The predicted molar refractivity (Wildman–Crippen MR) is 139 cm³/mol. The van der Waals surface area contributed by atoms with Gasteiger partial charge < -0.3 is 18.6 Å². The molecule has 1 fully saturated rings. The Morgan fingerprint density at radius 2 is 1.90 bits per heavy atom. The third-order valence-electron chi connectivity index (χ3n) is 6.61. The van der Waals surface area contributed by atoms with Gasteiger partial charge in [0, 0.05) is 45.1 Å². The molecule has 1 saturated heterocycles. The summed E-state index contributed by atoms with van der Waals surface area (Å²) in [4.78, 5) is 19.9. The second-order valence-corrected chi connectivity index (χ2v) is 11.7. The Morgan fingerprint density at radius 3 is 2.55 bits per heavy atom. The minimum absolute atomic E-state index is 0.106. The number of halogens is 3. The van der Waals surface area contributed by atoms with Gasteiger partial charge in [-0.05, 0) is 43.2 Å². The standard InChI is InChI=1S/C25H26F3N7O4S/c1-32(2)25(36)33-10-7-20(8-11-33)40(37,38)35(19-5-3-4-17(26)13-19)15-18-14-34-9-6-16(12-21(34)29-18)23-30-31-24(39-23)22(27)28/h3-6,9,12-14,20,22H,7-8,10-11,15H2,1-2H3. The Bertz CT molecular complexity index is 1630. The topological polar surface area (TPSA) is 117 Å². The SMILES string of the molecule is CN(C)C(=O)N1CCC(S(=O)(=O)N(Cc2cn3ccc(-c4nnc(C(F)F)o4)cc3n2)c2cccc(F)c2)CC1. The van der Waals surface area contributed by atoms with Crippen molar-refractivity contribution < 1.29 is 30.8 Å². The molecule has 0 bridgehead atoms. The molecule has 1 aromatic carbocycles. The molecular formula is C25H26F3N7O4S. The summed E-state index contributed by atoms with van der Waals surface area (Å²) in [5.41, 5.74) is 1.26. The van der Waals surface area contributed by atoms with Gasteiger partial charge in [0.2, 0.25) is 15.9 Å². The summed E-state index contributed by atoms with van der Waals surface area (Å²) in [6, 6.07) is 8.24. The smallest absolute Gasteiger partial charge is 0.319 e. The summed E-state index contributed by atoms with van der Waals surface area (Å²) < 4.78 is 75.4. The largest absolute Gasteiger partial charge is 0.415 e. The highest BCUT2D eigenvalue weighted by Crippen LogP contribution is 2.29. The highest BCUT2D eigenvalue weighted by Gasteiger charge is 2.37. The molecule has 0 spiro atoms. The van der Waals surface area contributed by atoms with Gasteiger partial charge in [-0.25, -0.2) is 22.6 Å². The number of aromatic nitrogens is 4. The lowest BCUT2D eigenvalue weighted by molar-refractivity contribution is 0.116. The van der Waals surface area contributed by atoms with Crippen LogP contribution < -0.4 is 4.31 Å². The van der Waals surface area contributed by atoms with Crippen LogP contribution >= 0.6 is 0 Å². The van der Waals surface area contributed by atoms with E-state index in [1.54, 1.807) is 47.9 Å². The number of amides is 2. The van der Waals surface area contributed by atoms with Crippen LogP contribution in [0.15, 0.2) is 53.2 Å². The first-order valence-electron chi connectivity index (χ1n) is 12.4. The third-order valence-corrected chi connectivity index (χ3v) is 8.88. The van der Waals surface area contributed by atoms with Crippen LogP contribution in [0.5, 0.6) is 0 Å². The van der Waals surface area contributed by atoms with Crippen molar-refractivity contribution in [3.63, 3.8) is 0 Å². The third kappa shape index (κ3) is 5.46. The summed E-state index contributed by atoms with van der Waals surface area (Å²) in [7, 11) is -0.721. The number of urea groups is 1. The molecule has 1 aliphatic rings. The van der Waals surface area contributed by atoms with Gasteiger partial charge in [-0.3, -0.25) is 4.31 Å². The van der Waals surface area contributed by atoms with Crippen LogP contribution in [-0.4, -0.2) is 76.3 Å².